The van der Waals surface area contributed by atoms with Gasteiger partial charge in [-0.05, 0) is 25.7 Å². The summed E-state index contributed by atoms with van der Waals surface area (Å²) in [5.41, 5.74) is 2.88. The normalized spacial score (nSPS) is 18.1. The second-order valence-corrected chi connectivity index (χ2v) is 9.25. The molecule has 0 aromatic carbocycles. The van der Waals surface area contributed by atoms with Crippen molar-refractivity contribution < 1.29 is 9.53 Å². The molecule has 170 valence electrons. The number of H-pyrrole nitrogens is 1. The number of hydrogen-bond donors (Lipinski definition) is 2. The van der Waals surface area contributed by atoms with Crippen molar-refractivity contribution in [1.82, 2.24) is 34.2 Å². The molecule has 2 N–H and O–H groups in total. The second-order valence-electron chi connectivity index (χ2n) is 9.25. The van der Waals surface area contributed by atoms with Gasteiger partial charge in [0.15, 0.2) is 0 Å². The molecular formula is C23H26N8O2. The van der Waals surface area contributed by atoms with Crippen molar-refractivity contribution in [3.05, 3.63) is 31.0 Å². The molecule has 0 bridgehead atoms. The summed E-state index contributed by atoms with van der Waals surface area (Å²) in [5, 5.41) is 4.33. The molecule has 1 aliphatic carbocycles. The van der Waals surface area contributed by atoms with E-state index in [9.17, 15) is 4.79 Å². The van der Waals surface area contributed by atoms with E-state index < -0.39 is 0 Å². The van der Waals surface area contributed by atoms with Crippen molar-refractivity contribution in [1.29, 1.82) is 0 Å². The average Bonchev–Trinajstić information content (AvgIpc) is 3.44. The second kappa shape index (κ2) is 7.43. The number of methoxy groups -OCH3 is 1. The minimum absolute atomic E-state index is 0.181. The Morgan fingerprint density at radius 1 is 1.24 bits per heavy atom. The fourth-order valence-electron chi connectivity index (χ4n) is 5.25. The van der Waals surface area contributed by atoms with Gasteiger partial charge in [-0.3, -0.25) is 9.20 Å². The summed E-state index contributed by atoms with van der Waals surface area (Å²) in [6.45, 7) is 3.45. The molecule has 4 aromatic heterocycles. The maximum atomic E-state index is 11.5. The van der Waals surface area contributed by atoms with Crippen LogP contribution < -0.4 is 10.1 Å². The van der Waals surface area contributed by atoms with E-state index in [0.717, 1.165) is 55.3 Å². The van der Waals surface area contributed by atoms with Crippen molar-refractivity contribution in [3.63, 3.8) is 0 Å². The number of amides is 1. The lowest BCUT2D eigenvalue weighted by Gasteiger charge is -2.53. The van der Waals surface area contributed by atoms with Crippen LogP contribution in [0, 0.1) is 5.41 Å². The third-order valence-electron chi connectivity index (χ3n) is 7.13. The molecule has 33 heavy (non-hydrogen) atoms. The Balaban J connectivity index is 1.22. The zero-order valence-electron chi connectivity index (χ0n) is 18.7. The summed E-state index contributed by atoms with van der Waals surface area (Å²) in [7, 11) is 1.63. The molecule has 1 spiro atoms. The zero-order valence-corrected chi connectivity index (χ0v) is 18.7. The van der Waals surface area contributed by atoms with E-state index in [1.807, 2.05) is 27.9 Å². The number of likely N-dealkylation sites (tertiary alicyclic amines) is 1. The smallest absolute Gasteiger partial charge is 0.233 e. The summed E-state index contributed by atoms with van der Waals surface area (Å²) >= 11 is 0. The molecule has 6 rings (SSSR count). The van der Waals surface area contributed by atoms with Crippen LogP contribution in [0.4, 0.5) is 5.95 Å². The average molecular weight is 447 g/mol. The maximum absolute atomic E-state index is 11.5. The van der Waals surface area contributed by atoms with Crippen molar-refractivity contribution in [2.75, 3.05) is 25.5 Å². The molecule has 5 heterocycles. The van der Waals surface area contributed by atoms with Gasteiger partial charge < -0.3 is 19.9 Å². The number of anilines is 1. The SMILES string of the molecule is COc1nc(NC2CCC3(CC2)CN(C(C)=O)C3)nc2[nH]cc(-c3cnc4nccn4c3)c12. The molecule has 10 nitrogen and oxygen atoms in total. The molecule has 4 aromatic rings. The first kappa shape index (κ1) is 20.0. The number of carbonyl (C=O) groups excluding carboxylic acids is 1. The zero-order chi connectivity index (χ0) is 22.6. The molecule has 1 aliphatic heterocycles. The van der Waals surface area contributed by atoms with Gasteiger partial charge in [0.25, 0.3) is 0 Å². The summed E-state index contributed by atoms with van der Waals surface area (Å²) < 4.78 is 7.54. The number of aromatic amines is 1. The molecule has 10 heteroatoms. The number of aromatic nitrogens is 6. The van der Waals surface area contributed by atoms with Crippen molar-refractivity contribution in [2.45, 2.75) is 38.6 Å². The Morgan fingerprint density at radius 2 is 2.06 bits per heavy atom. The van der Waals surface area contributed by atoms with Crippen LogP contribution in [0.3, 0.4) is 0 Å². The third-order valence-corrected chi connectivity index (χ3v) is 7.13. The third kappa shape index (κ3) is 3.37. The van der Waals surface area contributed by atoms with Crippen LogP contribution in [0.2, 0.25) is 0 Å². The number of nitrogens with one attached hydrogen (secondary N) is 2. The summed E-state index contributed by atoms with van der Waals surface area (Å²) in [5.74, 6) is 1.92. The molecule has 2 aliphatic rings. The number of carbonyl (C=O) groups is 1. The monoisotopic (exact) mass is 446 g/mol. The Bertz CT molecular complexity index is 1340. The quantitative estimate of drug-likeness (QED) is 0.495. The van der Waals surface area contributed by atoms with Crippen LogP contribution in [-0.4, -0.2) is 66.4 Å². The van der Waals surface area contributed by atoms with E-state index in [0.29, 0.717) is 34.7 Å². The van der Waals surface area contributed by atoms with E-state index in [-0.39, 0.29) is 5.91 Å². The molecule has 0 radical (unpaired) electrons. The first-order chi connectivity index (χ1) is 16.0. The van der Waals surface area contributed by atoms with Gasteiger partial charge in [0, 0.05) is 73.6 Å². The summed E-state index contributed by atoms with van der Waals surface area (Å²) in [4.78, 5) is 34.8. The molecule has 1 saturated heterocycles. The van der Waals surface area contributed by atoms with E-state index in [1.165, 1.54) is 0 Å². The first-order valence-electron chi connectivity index (χ1n) is 11.3. The molecule has 1 saturated carbocycles. The van der Waals surface area contributed by atoms with Crippen LogP contribution >= 0.6 is 0 Å². The van der Waals surface area contributed by atoms with Crippen LogP contribution in [0.25, 0.3) is 27.9 Å². The number of nitrogens with zero attached hydrogens (tertiary/aromatic N) is 6. The van der Waals surface area contributed by atoms with Crippen LogP contribution in [0.15, 0.2) is 31.0 Å². The van der Waals surface area contributed by atoms with Crippen molar-refractivity contribution in [3.8, 4) is 17.0 Å². The Labute approximate surface area is 190 Å². The Morgan fingerprint density at radius 3 is 2.82 bits per heavy atom. The maximum Gasteiger partial charge on any atom is 0.233 e. The number of imidazole rings is 1. The highest BCUT2D eigenvalue weighted by Gasteiger charge is 2.46. The topological polar surface area (TPSA) is 113 Å². The first-order valence-corrected chi connectivity index (χ1v) is 11.3. The predicted molar refractivity (Wildman–Crippen MR) is 123 cm³/mol. The minimum atomic E-state index is 0.181. The number of hydrogen-bond acceptors (Lipinski definition) is 7. The van der Waals surface area contributed by atoms with Crippen molar-refractivity contribution in [2.24, 2.45) is 5.41 Å². The van der Waals surface area contributed by atoms with Gasteiger partial charge in [0.2, 0.25) is 23.5 Å². The lowest BCUT2D eigenvalue weighted by Crippen LogP contribution is -2.59. The summed E-state index contributed by atoms with van der Waals surface area (Å²) in [6.07, 6.45) is 13.6. The standard InChI is InChI=1S/C23H26N8O2/c1-14(32)31-12-23(13-31)5-3-16(4-6-23)27-21-28-19-18(20(29-21)33-2)17(10-25-19)15-9-26-22-24-7-8-30(22)11-15/h7-11,16H,3-6,12-13H2,1-2H3,(H2,25,27,28,29). The largest absolute Gasteiger partial charge is 0.480 e. The number of fused-ring (bicyclic) bond motifs is 2. The van der Waals surface area contributed by atoms with Crippen LogP contribution in [-0.2, 0) is 4.79 Å². The van der Waals surface area contributed by atoms with Gasteiger partial charge in [0.1, 0.15) is 5.65 Å². The Kier molecular flexibility index (Phi) is 4.49. The number of rotatable bonds is 4. The fourth-order valence-corrected chi connectivity index (χ4v) is 5.25. The lowest BCUT2D eigenvalue weighted by atomic mass is 9.67. The van der Waals surface area contributed by atoms with E-state index in [1.54, 1.807) is 26.4 Å². The predicted octanol–water partition coefficient (Wildman–Crippen LogP) is 2.88. The highest BCUT2D eigenvalue weighted by atomic mass is 16.5. The van der Waals surface area contributed by atoms with Gasteiger partial charge in [0.05, 0.1) is 12.5 Å². The Hall–Kier alpha value is -3.69. The fraction of sp³-hybridized carbons (Fsp3) is 0.435. The highest BCUT2D eigenvalue weighted by Crippen LogP contribution is 2.44. The molecule has 0 unspecified atom stereocenters. The van der Waals surface area contributed by atoms with E-state index in [2.05, 4.69) is 25.3 Å². The minimum Gasteiger partial charge on any atom is -0.480 e. The highest BCUT2D eigenvalue weighted by molar-refractivity contribution is 5.97. The van der Waals surface area contributed by atoms with Crippen LogP contribution in [0.5, 0.6) is 5.88 Å². The lowest BCUT2D eigenvalue weighted by molar-refractivity contribution is -0.143. The van der Waals surface area contributed by atoms with Gasteiger partial charge in [-0.2, -0.15) is 9.97 Å². The van der Waals surface area contributed by atoms with Crippen molar-refractivity contribution >= 4 is 28.7 Å². The summed E-state index contributed by atoms with van der Waals surface area (Å²) in [6, 6.07) is 0.312. The van der Waals surface area contributed by atoms with E-state index in [4.69, 9.17) is 9.72 Å². The molecular weight excluding hydrogens is 420 g/mol. The number of ether oxygens (including phenoxy) is 1. The van der Waals surface area contributed by atoms with Gasteiger partial charge >= 0.3 is 0 Å². The van der Waals surface area contributed by atoms with Gasteiger partial charge in [-0.1, -0.05) is 0 Å². The van der Waals surface area contributed by atoms with Crippen LogP contribution in [0.1, 0.15) is 32.6 Å². The van der Waals surface area contributed by atoms with Gasteiger partial charge in [-0.15, -0.1) is 0 Å². The molecule has 0 atom stereocenters. The van der Waals surface area contributed by atoms with Gasteiger partial charge in [-0.25, -0.2) is 9.97 Å². The van der Waals surface area contributed by atoms with E-state index >= 15 is 0 Å². The molecule has 1 amide bonds. The molecule has 2 fully saturated rings.